The summed E-state index contributed by atoms with van der Waals surface area (Å²) in [6, 6.07) is 0. The summed E-state index contributed by atoms with van der Waals surface area (Å²) in [5.74, 6) is 0. The first kappa shape index (κ1) is 13.8. The number of pyridine rings is 1. The Morgan fingerprint density at radius 2 is 1.88 bits per heavy atom. The summed E-state index contributed by atoms with van der Waals surface area (Å²) in [5.41, 5.74) is -2.63. The molecule has 0 aromatic carbocycles. The monoisotopic (exact) mass is 367 g/mol. The fraction of sp³-hybridized carbons (Fsp3) is 0.375. The highest BCUT2D eigenvalue weighted by atomic mass is 79.9. The van der Waals surface area contributed by atoms with Crippen LogP contribution in [0, 0.1) is 0 Å². The van der Waals surface area contributed by atoms with Crippen LogP contribution in [-0.4, -0.2) is 4.98 Å². The third-order valence-electron chi connectivity index (χ3n) is 1.83. The Hall–Kier alpha value is -0.240. The molecule has 0 saturated heterocycles. The summed E-state index contributed by atoms with van der Waals surface area (Å²) < 4.78 is 62.6. The quantitative estimate of drug-likeness (QED) is 0.419. The van der Waals surface area contributed by atoms with E-state index in [1.807, 2.05) is 0 Å². The van der Waals surface area contributed by atoms with Crippen LogP contribution in [0.4, 0.5) is 22.0 Å². The van der Waals surface area contributed by atoms with Gasteiger partial charge in [0.15, 0.2) is 0 Å². The van der Waals surface area contributed by atoms with E-state index < -0.39 is 23.7 Å². The highest BCUT2D eigenvalue weighted by Crippen LogP contribution is 2.40. The van der Waals surface area contributed by atoms with Crippen molar-refractivity contribution in [1.82, 2.24) is 4.98 Å². The summed E-state index contributed by atoms with van der Waals surface area (Å²) in [5, 5.41) is -0.135. The van der Waals surface area contributed by atoms with Gasteiger partial charge in [0, 0.05) is 22.7 Å². The Bertz CT molecular complexity index is 391. The van der Waals surface area contributed by atoms with Crippen molar-refractivity contribution in [2.75, 3.05) is 0 Å². The summed E-state index contributed by atoms with van der Waals surface area (Å²) in [7, 11) is 0. The summed E-state index contributed by atoms with van der Waals surface area (Å²) in [6.07, 6.45) is -7.64. The molecular weight excluding hydrogens is 365 g/mol. The number of alkyl halides is 6. The predicted octanol–water partition coefficient (Wildman–Crippen LogP) is 4.70. The van der Waals surface area contributed by atoms with Gasteiger partial charge in [0.2, 0.25) is 0 Å². The zero-order chi connectivity index (χ0) is 12.5. The highest BCUT2D eigenvalue weighted by Gasteiger charge is 2.38. The van der Waals surface area contributed by atoms with E-state index in [1.54, 1.807) is 0 Å². The third-order valence-corrected chi connectivity index (χ3v) is 3.07. The molecule has 0 spiro atoms. The van der Waals surface area contributed by atoms with Gasteiger partial charge in [-0.2, -0.15) is 13.2 Å². The molecule has 90 valence electrons. The number of nitrogens with zero attached hydrogens (tertiary/aromatic N) is 1. The maximum absolute atomic E-state index is 12.6. The first-order valence-electron chi connectivity index (χ1n) is 3.87. The van der Waals surface area contributed by atoms with Gasteiger partial charge in [-0.3, -0.25) is 0 Å². The van der Waals surface area contributed by atoms with E-state index in [4.69, 9.17) is 0 Å². The lowest BCUT2D eigenvalue weighted by Crippen LogP contribution is -2.13. The van der Waals surface area contributed by atoms with E-state index in [9.17, 15) is 22.0 Å². The molecule has 1 nitrogen and oxygen atoms in total. The van der Waals surface area contributed by atoms with Crippen LogP contribution in [0.5, 0.6) is 0 Å². The molecule has 0 fully saturated rings. The summed E-state index contributed by atoms with van der Waals surface area (Å²) >= 11 is 5.69. The SMILES string of the molecule is FC(F)c1c(C(F)(F)F)cnc(Br)c1CBr. The number of hydrogen-bond donors (Lipinski definition) is 0. The topological polar surface area (TPSA) is 12.9 Å². The molecule has 1 rings (SSSR count). The zero-order valence-corrected chi connectivity index (χ0v) is 10.6. The molecule has 0 saturated carbocycles. The normalized spacial score (nSPS) is 12.2. The van der Waals surface area contributed by atoms with Gasteiger partial charge in [-0.25, -0.2) is 13.8 Å². The second-order valence-electron chi connectivity index (χ2n) is 2.79. The number of aromatic nitrogens is 1. The minimum Gasteiger partial charge on any atom is -0.248 e. The molecule has 0 aliphatic carbocycles. The Balaban J connectivity index is 3.52. The van der Waals surface area contributed by atoms with Crippen molar-refractivity contribution < 1.29 is 22.0 Å². The molecule has 0 radical (unpaired) electrons. The van der Waals surface area contributed by atoms with Crippen molar-refractivity contribution >= 4 is 31.9 Å². The van der Waals surface area contributed by atoms with Crippen LogP contribution in [0.2, 0.25) is 0 Å². The fourth-order valence-corrected chi connectivity index (χ4v) is 2.54. The summed E-state index contributed by atoms with van der Waals surface area (Å²) in [4.78, 5) is 3.39. The van der Waals surface area contributed by atoms with Crippen LogP contribution in [0.1, 0.15) is 23.1 Å². The van der Waals surface area contributed by atoms with Crippen molar-refractivity contribution in [3.05, 3.63) is 27.5 Å². The molecule has 0 bridgehead atoms. The second kappa shape index (κ2) is 4.95. The molecule has 0 amide bonds. The first-order chi connectivity index (χ1) is 7.29. The fourth-order valence-electron chi connectivity index (χ4n) is 1.14. The van der Waals surface area contributed by atoms with Gasteiger partial charge >= 0.3 is 6.18 Å². The largest absolute Gasteiger partial charge is 0.418 e. The van der Waals surface area contributed by atoms with E-state index >= 15 is 0 Å². The van der Waals surface area contributed by atoms with Gasteiger partial charge in [0.05, 0.1) is 5.56 Å². The Labute approximate surface area is 104 Å². The van der Waals surface area contributed by atoms with Crippen LogP contribution in [0.25, 0.3) is 0 Å². The lowest BCUT2D eigenvalue weighted by molar-refractivity contribution is -0.139. The predicted molar refractivity (Wildman–Crippen MR) is 54.5 cm³/mol. The van der Waals surface area contributed by atoms with Crippen molar-refractivity contribution in [1.29, 1.82) is 0 Å². The maximum Gasteiger partial charge on any atom is 0.418 e. The zero-order valence-electron chi connectivity index (χ0n) is 7.45. The van der Waals surface area contributed by atoms with E-state index in [-0.39, 0.29) is 15.5 Å². The molecular formula is C8H4Br2F5N. The van der Waals surface area contributed by atoms with Crippen molar-refractivity contribution in [2.45, 2.75) is 17.9 Å². The Morgan fingerprint density at radius 3 is 2.25 bits per heavy atom. The lowest BCUT2D eigenvalue weighted by Gasteiger charge is -2.15. The smallest absolute Gasteiger partial charge is 0.248 e. The average molecular weight is 369 g/mol. The van der Waals surface area contributed by atoms with Gasteiger partial charge in [-0.15, -0.1) is 0 Å². The first-order valence-corrected chi connectivity index (χ1v) is 5.79. The molecule has 1 aromatic rings. The Kier molecular flexibility index (Phi) is 4.28. The van der Waals surface area contributed by atoms with Crippen LogP contribution in [0.15, 0.2) is 10.8 Å². The second-order valence-corrected chi connectivity index (χ2v) is 4.10. The van der Waals surface area contributed by atoms with Crippen LogP contribution >= 0.6 is 31.9 Å². The van der Waals surface area contributed by atoms with Gasteiger partial charge in [-0.1, -0.05) is 15.9 Å². The van der Waals surface area contributed by atoms with Crippen LogP contribution < -0.4 is 0 Å². The Morgan fingerprint density at radius 1 is 1.31 bits per heavy atom. The molecule has 0 N–H and O–H groups in total. The van der Waals surface area contributed by atoms with Crippen molar-refractivity contribution in [2.24, 2.45) is 0 Å². The van der Waals surface area contributed by atoms with Gasteiger partial charge in [0.1, 0.15) is 4.60 Å². The van der Waals surface area contributed by atoms with Gasteiger partial charge < -0.3 is 0 Å². The molecule has 16 heavy (non-hydrogen) atoms. The molecule has 0 unspecified atom stereocenters. The number of hydrogen-bond acceptors (Lipinski definition) is 1. The van der Waals surface area contributed by atoms with E-state index in [0.717, 1.165) is 0 Å². The maximum atomic E-state index is 12.6. The number of rotatable bonds is 2. The van der Waals surface area contributed by atoms with Crippen LogP contribution in [0.3, 0.4) is 0 Å². The summed E-state index contributed by atoms with van der Waals surface area (Å²) in [6.45, 7) is 0. The molecule has 0 aliphatic heterocycles. The lowest BCUT2D eigenvalue weighted by atomic mass is 10.1. The minimum atomic E-state index is -4.84. The molecule has 1 aromatic heterocycles. The average Bonchev–Trinajstić information content (AvgIpc) is 2.14. The molecule has 0 aliphatic rings. The standard InChI is InChI=1S/C8H4Br2F5N/c9-1-3-5(7(11)12)4(8(13,14)15)2-16-6(3)10/h2,7H,1H2. The van der Waals surface area contributed by atoms with E-state index in [0.29, 0.717) is 6.20 Å². The van der Waals surface area contributed by atoms with Crippen molar-refractivity contribution in [3.8, 4) is 0 Å². The van der Waals surface area contributed by atoms with Gasteiger partial charge in [-0.05, 0) is 15.9 Å². The third kappa shape index (κ3) is 2.71. The van der Waals surface area contributed by atoms with Gasteiger partial charge in [0.25, 0.3) is 6.43 Å². The highest BCUT2D eigenvalue weighted by molar-refractivity contribution is 9.10. The molecule has 1 heterocycles. The molecule has 0 atom stereocenters. The van der Waals surface area contributed by atoms with E-state index in [2.05, 4.69) is 36.8 Å². The number of halogens is 7. The molecule has 8 heteroatoms. The van der Waals surface area contributed by atoms with Crippen molar-refractivity contribution in [3.63, 3.8) is 0 Å². The van der Waals surface area contributed by atoms with E-state index in [1.165, 1.54) is 0 Å². The minimum absolute atomic E-state index is 0.0207. The van der Waals surface area contributed by atoms with Crippen LogP contribution in [-0.2, 0) is 11.5 Å².